The predicted octanol–water partition coefficient (Wildman–Crippen LogP) is 1.73. The highest BCUT2D eigenvalue weighted by Crippen LogP contribution is 2.27. The highest BCUT2D eigenvalue weighted by Gasteiger charge is 2.44. The second-order valence-electron chi connectivity index (χ2n) is 7.38. The van der Waals surface area contributed by atoms with Crippen LogP contribution >= 0.6 is 11.3 Å². The van der Waals surface area contributed by atoms with Gasteiger partial charge in [-0.05, 0) is 35.7 Å². The molecule has 2 saturated heterocycles. The van der Waals surface area contributed by atoms with Gasteiger partial charge in [0.1, 0.15) is 6.04 Å². The number of morpholine rings is 1. The van der Waals surface area contributed by atoms with Gasteiger partial charge in [-0.3, -0.25) is 19.3 Å². The van der Waals surface area contributed by atoms with Crippen LogP contribution in [0.1, 0.15) is 21.7 Å². The number of benzene rings is 1. The van der Waals surface area contributed by atoms with Crippen LogP contribution in [0.25, 0.3) is 0 Å². The van der Waals surface area contributed by atoms with Gasteiger partial charge in [0, 0.05) is 26.2 Å². The molecule has 8 nitrogen and oxygen atoms in total. The first-order valence-corrected chi connectivity index (χ1v) is 11.0. The molecular weight excluding hydrogens is 416 g/mol. The van der Waals surface area contributed by atoms with E-state index in [1.165, 1.54) is 16.2 Å². The molecule has 2 aliphatic heterocycles. The number of nitrogens with zero attached hydrogens (tertiary/aromatic N) is 4. The van der Waals surface area contributed by atoms with E-state index in [9.17, 15) is 14.4 Å². The van der Waals surface area contributed by atoms with E-state index in [1.54, 1.807) is 36.4 Å². The maximum absolute atomic E-state index is 13.3. The van der Waals surface area contributed by atoms with Gasteiger partial charge in [0.15, 0.2) is 0 Å². The van der Waals surface area contributed by atoms with Crippen molar-refractivity contribution in [2.75, 3.05) is 44.3 Å². The average molecular weight is 439 g/mol. The Bertz CT molecular complexity index is 994. The number of thiophene rings is 1. The first-order valence-electron chi connectivity index (χ1n) is 10.1. The number of amides is 3. The summed E-state index contributed by atoms with van der Waals surface area (Å²) in [6.07, 6.45) is -0.0565. The molecule has 2 aromatic rings. The van der Waals surface area contributed by atoms with Crippen LogP contribution in [0, 0.1) is 11.3 Å². The largest absolute Gasteiger partial charge is 0.379 e. The van der Waals surface area contributed by atoms with Crippen molar-refractivity contribution in [1.29, 1.82) is 5.26 Å². The van der Waals surface area contributed by atoms with Crippen molar-refractivity contribution >= 4 is 34.7 Å². The molecule has 160 valence electrons. The van der Waals surface area contributed by atoms with Gasteiger partial charge in [-0.15, -0.1) is 11.3 Å². The van der Waals surface area contributed by atoms with Crippen molar-refractivity contribution in [1.82, 2.24) is 9.80 Å². The van der Waals surface area contributed by atoms with Crippen molar-refractivity contribution in [3.63, 3.8) is 0 Å². The zero-order valence-electron chi connectivity index (χ0n) is 16.9. The van der Waals surface area contributed by atoms with E-state index < -0.39 is 11.9 Å². The van der Waals surface area contributed by atoms with Gasteiger partial charge >= 0.3 is 0 Å². The molecule has 1 unspecified atom stereocenters. The predicted molar refractivity (Wildman–Crippen MR) is 115 cm³/mol. The van der Waals surface area contributed by atoms with Crippen LogP contribution in [0.15, 0.2) is 41.8 Å². The Morgan fingerprint density at radius 2 is 1.94 bits per heavy atom. The third kappa shape index (κ3) is 4.51. The number of hydrogen-bond acceptors (Lipinski definition) is 7. The summed E-state index contributed by atoms with van der Waals surface area (Å²) in [5, 5.41) is 10.8. The quantitative estimate of drug-likeness (QED) is 0.638. The van der Waals surface area contributed by atoms with Gasteiger partial charge in [0.25, 0.3) is 11.8 Å². The fourth-order valence-corrected chi connectivity index (χ4v) is 4.51. The summed E-state index contributed by atoms with van der Waals surface area (Å²) in [5.41, 5.74) is 0.854. The van der Waals surface area contributed by atoms with Crippen LogP contribution in [-0.4, -0.2) is 73.0 Å². The zero-order valence-corrected chi connectivity index (χ0v) is 17.7. The van der Waals surface area contributed by atoms with Crippen molar-refractivity contribution in [2.45, 2.75) is 12.5 Å². The number of nitriles is 1. The molecule has 0 bridgehead atoms. The summed E-state index contributed by atoms with van der Waals surface area (Å²) >= 11 is 1.32. The van der Waals surface area contributed by atoms with Gasteiger partial charge in [0.2, 0.25) is 5.91 Å². The Morgan fingerprint density at radius 1 is 1.19 bits per heavy atom. The molecule has 3 amide bonds. The Labute approximate surface area is 184 Å². The van der Waals surface area contributed by atoms with E-state index in [4.69, 9.17) is 10.00 Å². The number of imide groups is 1. The third-order valence-electron chi connectivity index (χ3n) is 5.51. The number of ether oxygens (including phenoxy) is 1. The number of carbonyl (C=O) groups is 3. The van der Waals surface area contributed by atoms with Crippen LogP contribution in [0.3, 0.4) is 0 Å². The monoisotopic (exact) mass is 438 g/mol. The Balaban J connectivity index is 1.56. The molecule has 2 fully saturated rings. The lowest BCUT2D eigenvalue weighted by molar-refractivity contribution is -0.122. The summed E-state index contributed by atoms with van der Waals surface area (Å²) in [6.45, 7) is 3.79. The molecule has 0 aliphatic carbocycles. The van der Waals surface area contributed by atoms with E-state index in [-0.39, 0.29) is 18.2 Å². The summed E-state index contributed by atoms with van der Waals surface area (Å²) < 4.78 is 5.38. The Morgan fingerprint density at radius 3 is 2.58 bits per heavy atom. The zero-order chi connectivity index (χ0) is 21.8. The lowest BCUT2D eigenvalue weighted by Crippen LogP contribution is -2.49. The van der Waals surface area contributed by atoms with Gasteiger partial charge < -0.3 is 9.64 Å². The van der Waals surface area contributed by atoms with E-state index in [0.717, 1.165) is 18.0 Å². The normalized spacial score (nSPS) is 19.5. The number of rotatable bonds is 6. The molecule has 9 heteroatoms. The standard InChI is InChI=1S/C22H22N4O4S/c23-15-16-3-5-17(6-4-16)26-20(27)14-18(21(26)28)25(22(29)19-2-1-13-31-19)8-7-24-9-11-30-12-10-24/h1-6,13,18H,7-12,14H2. The molecule has 0 saturated carbocycles. The topological polar surface area (TPSA) is 93.9 Å². The van der Waals surface area contributed by atoms with E-state index in [2.05, 4.69) is 4.90 Å². The molecule has 1 aromatic heterocycles. The highest BCUT2D eigenvalue weighted by molar-refractivity contribution is 7.12. The summed E-state index contributed by atoms with van der Waals surface area (Å²) in [4.78, 5) is 44.6. The van der Waals surface area contributed by atoms with E-state index in [1.807, 2.05) is 11.4 Å². The molecular formula is C22H22N4O4S. The highest BCUT2D eigenvalue weighted by atomic mass is 32.1. The van der Waals surface area contributed by atoms with Crippen LogP contribution in [0.4, 0.5) is 5.69 Å². The smallest absolute Gasteiger partial charge is 0.264 e. The lowest BCUT2D eigenvalue weighted by atomic mass is 10.2. The second-order valence-corrected chi connectivity index (χ2v) is 8.32. The van der Waals surface area contributed by atoms with Gasteiger partial charge in [0.05, 0.1) is 41.8 Å². The van der Waals surface area contributed by atoms with E-state index in [0.29, 0.717) is 42.4 Å². The Kier molecular flexibility index (Phi) is 6.42. The molecule has 2 aliphatic rings. The SMILES string of the molecule is N#Cc1ccc(N2C(=O)CC(N(CCN3CCOCC3)C(=O)c3cccs3)C2=O)cc1. The Hall–Kier alpha value is -3.06. The maximum atomic E-state index is 13.3. The average Bonchev–Trinajstić information content (AvgIpc) is 3.43. The third-order valence-corrected chi connectivity index (χ3v) is 6.37. The van der Waals surface area contributed by atoms with Crippen LogP contribution in [-0.2, 0) is 14.3 Å². The van der Waals surface area contributed by atoms with E-state index >= 15 is 0 Å². The molecule has 0 radical (unpaired) electrons. The molecule has 0 spiro atoms. The number of hydrogen-bond donors (Lipinski definition) is 0. The molecule has 0 N–H and O–H groups in total. The fourth-order valence-electron chi connectivity index (χ4n) is 3.83. The minimum absolute atomic E-state index is 0.0565. The first kappa shape index (κ1) is 21.2. The van der Waals surface area contributed by atoms with Crippen molar-refractivity contribution in [2.24, 2.45) is 0 Å². The number of anilines is 1. The lowest BCUT2D eigenvalue weighted by Gasteiger charge is -2.32. The fraction of sp³-hybridized carbons (Fsp3) is 0.364. The van der Waals surface area contributed by atoms with Crippen molar-refractivity contribution in [3.05, 3.63) is 52.2 Å². The molecule has 1 aromatic carbocycles. The second kappa shape index (κ2) is 9.39. The molecule has 1 atom stereocenters. The summed E-state index contributed by atoms with van der Waals surface area (Å²) in [7, 11) is 0. The summed E-state index contributed by atoms with van der Waals surface area (Å²) in [5.74, 6) is -1.01. The van der Waals surface area contributed by atoms with Crippen molar-refractivity contribution in [3.8, 4) is 6.07 Å². The minimum Gasteiger partial charge on any atom is -0.379 e. The van der Waals surface area contributed by atoms with Crippen LogP contribution in [0.2, 0.25) is 0 Å². The first-order chi connectivity index (χ1) is 15.1. The molecule has 4 rings (SSSR count). The minimum atomic E-state index is -0.848. The maximum Gasteiger partial charge on any atom is 0.264 e. The van der Waals surface area contributed by atoms with Gasteiger partial charge in [-0.2, -0.15) is 5.26 Å². The van der Waals surface area contributed by atoms with Gasteiger partial charge in [-0.1, -0.05) is 6.07 Å². The van der Waals surface area contributed by atoms with Crippen LogP contribution < -0.4 is 4.90 Å². The molecule has 31 heavy (non-hydrogen) atoms. The van der Waals surface area contributed by atoms with Crippen molar-refractivity contribution < 1.29 is 19.1 Å². The molecule has 3 heterocycles. The van der Waals surface area contributed by atoms with Gasteiger partial charge in [-0.25, -0.2) is 4.90 Å². The summed E-state index contributed by atoms with van der Waals surface area (Å²) in [6, 6.07) is 11.0. The number of carbonyl (C=O) groups excluding carboxylic acids is 3. The van der Waals surface area contributed by atoms with Crippen LogP contribution in [0.5, 0.6) is 0 Å².